The van der Waals surface area contributed by atoms with Crippen LogP contribution in [0.3, 0.4) is 0 Å². The van der Waals surface area contributed by atoms with Crippen molar-refractivity contribution in [1.29, 1.82) is 0 Å². The van der Waals surface area contributed by atoms with E-state index in [1.807, 2.05) is 22.6 Å². The van der Waals surface area contributed by atoms with Gasteiger partial charge < -0.3 is 9.84 Å². The highest BCUT2D eigenvalue weighted by atomic mass is 127. The molecular formula is C11H14INO5S. The molecule has 0 aliphatic heterocycles. The second-order valence-electron chi connectivity index (χ2n) is 3.77. The Morgan fingerprint density at radius 2 is 2.11 bits per heavy atom. The number of likely N-dealkylation sites (N-methyl/N-ethyl adjacent to an activating group) is 1. The Labute approximate surface area is 125 Å². The van der Waals surface area contributed by atoms with Gasteiger partial charge in [-0.2, -0.15) is 4.31 Å². The van der Waals surface area contributed by atoms with Crippen molar-refractivity contribution >= 4 is 38.6 Å². The normalized spacial score (nSPS) is 11.8. The van der Waals surface area contributed by atoms with E-state index in [0.717, 1.165) is 4.31 Å². The number of carboxylic acids is 1. The third-order valence-electron chi connectivity index (χ3n) is 2.49. The van der Waals surface area contributed by atoms with E-state index in [0.29, 0.717) is 3.57 Å². The van der Waals surface area contributed by atoms with Gasteiger partial charge in [0.15, 0.2) is 0 Å². The number of carbonyl (C=O) groups is 1. The molecule has 0 amide bonds. The summed E-state index contributed by atoms with van der Waals surface area (Å²) in [4.78, 5) is 11.0. The Morgan fingerprint density at radius 1 is 1.47 bits per heavy atom. The monoisotopic (exact) mass is 399 g/mol. The van der Waals surface area contributed by atoms with Gasteiger partial charge in [0.25, 0.3) is 0 Å². The number of halogens is 1. The highest BCUT2D eigenvalue weighted by Gasteiger charge is 2.22. The van der Waals surface area contributed by atoms with E-state index in [9.17, 15) is 13.2 Å². The SMILES string of the molecule is COCCN(C)S(=O)(=O)c1ccc(I)c(C(=O)O)c1. The first kappa shape index (κ1) is 16.3. The van der Waals surface area contributed by atoms with Crippen LogP contribution in [0.2, 0.25) is 0 Å². The number of ether oxygens (including phenoxy) is 1. The van der Waals surface area contributed by atoms with E-state index in [4.69, 9.17) is 9.84 Å². The fourth-order valence-electron chi connectivity index (χ4n) is 1.35. The predicted molar refractivity (Wildman–Crippen MR) is 77.8 cm³/mol. The Morgan fingerprint density at radius 3 is 2.63 bits per heavy atom. The van der Waals surface area contributed by atoms with E-state index in [1.165, 1.54) is 32.4 Å². The van der Waals surface area contributed by atoms with Crippen LogP contribution in [-0.4, -0.2) is 51.1 Å². The predicted octanol–water partition coefficient (Wildman–Crippen LogP) is 1.26. The molecule has 0 atom stereocenters. The van der Waals surface area contributed by atoms with Gasteiger partial charge in [-0.05, 0) is 40.8 Å². The molecule has 19 heavy (non-hydrogen) atoms. The van der Waals surface area contributed by atoms with Crippen LogP contribution in [0.5, 0.6) is 0 Å². The lowest BCUT2D eigenvalue weighted by Crippen LogP contribution is -2.30. The number of rotatable bonds is 6. The number of methoxy groups -OCH3 is 1. The molecule has 1 aromatic rings. The molecule has 0 bridgehead atoms. The number of carboxylic acid groups (broad SMARTS) is 1. The lowest BCUT2D eigenvalue weighted by Gasteiger charge is -2.17. The van der Waals surface area contributed by atoms with Gasteiger partial charge >= 0.3 is 5.97 Å². The molecular weight excluding hydrogens is 385 g/mol. The number of hydrogen-bond donors (Lipinski definition) is 1. The highest BCUT2D eigenvalue weighted by Crippen LogP contribution is 2.20. The summed E-state index contributed by atoms with van der Waals surface area (Å²) in [7, 11) is -0.794. The first-order valence-electron chi connectivity index (χ1n) is 5.29. The summed E-state index contributed by atoms with van der Waals surface area (Å²) in [5.41, 5.74) is -0.0261. The van der Waals surface area contributed by atoms with Crippen LogP contribution in [0.15, 0.2) is 23.1 Å². The zero-order valence-electron chi connectivity index (χ0n) is 10.5. The molecule has 0 saturated heterocycles. The van der Waals surface area contributed by atoms with Crippen LogP contribution in [0.4, 0.5) is 0 Å². The molecule has 0 aliphatic rings. The van der Waals surface area contributed by atoms with Crippen molar-refractivity contribution in [2.24, 2.45) is 0 Å². The topological polar surface area (TPSA) is 83.9 Å². The number of sulfonamides is 1. The Bertz CT molecular complexity index is 572. The Balaban J connectivity index is 3.15. The van der Waals surface area contributed by atoms with Gasteiger partial charge in [0, 0.05) is 24.3 Å². The minimum atomic E-state index is -3.70. The summed E-state index contributed by atoms with van der Waals surface area (Å²) in [6, 6.07) is 4.04. The minimum absolute atomic E-state index is 0.0261. The maximum absolute atomic E-state index is 12.2. The van der Waals surface area contributed by atoms with Crippen LogP contribution >= 0.6 is 22.6 Å². The number of benzene rings is 1. The average Bonchev–Trinajstić information content (AvgIpc) is 2.35. The highest BCUT2D eigenvalue weighted by molar-refractivity contribution is 14.1. The van der Waals surface area contributed by atoms with Crippen molar-refractivity contribution in [2.75, 3.05) is 27.3 Å². The van der Waals surface area contributed by atoms with Gasteiger partial charge in [0.05, 0.1) is 17.1 Å². The molecule has 0 aromatic heterocycles. The standard InChI is InChI=1S/C11H14INO5S/c1-13(5-6-18-2)19(16,17)8-3-4-10(12)9(7-8)11(14)15/h3-4,7H,5-6H2,1-2H3,(H,14,15). The zero-order chi connectivity index (χ0) is 14.6. The maximum Gasteiger partial charge on any atom is 0.336 e. The van der Waals surface area contributed by atoms with Crippen molar-refractivity contribution in [2.45, 2.75) is 4.90 Å². The Kier molecular flexibility index (Phi) is 5.71. The van der Waals surface area contributed by atoms with Crippen molar-refractivity contribution in [3.8, 4) is 0 Å². The molecule has 1 aromatic carbocycles. The lowest BCUT2D eigenvalue weighted by atomic mass is 10.2. The van der Waals surface area contributed by atoms with Crippen LogP contribution in [0.1, 0.15) is 10.4 Å². The summed E-state index contributed by atoms with van der Waals surface area (Å²) in [6.45, 7) is 0.471. The summed E-state index contributed by atoms with van der Waals surface area (Å²) in [5, 5.41) is 9.00. The first-order chi connectivity index (χ1) is 8.80. The molecule has 8 heteroatoms. The summed E-state index contributed by atoms with van der Waals surface area (Å²) in [6.07, 6.45) is 0. The first-order valence-corrected chi connectivity index (χ1v) is 7.80. The summed E-state index contributed by atoms with van der Waals surface area (Å²) >= 11 is 1.85. The molecule has 0 spiro atoms. The molecule has 0 aliphatic carbocycles. The lowest BCUT2D eigenvalue weighted by molar-refractivity contribution is 0.0695. The molecule has 0 unspecified atom stereocenters. The van der Waals surface area contributed by atoms with Gasteiger partial charge in [-0.3, -0.25) is 0 Å². The minimum Gasteiger partial charge on any atom is -0.478 e. The van der Waals surface area contributed by atoms with E-state index >= 15 is 0 Å². The molecule has 0 radical (unpaired) electrons. The molecule has 0 saturated carbocycles. The van der Waals surface area contributed by atoms with Crippen molar-refractivity contribution in [3.05, 3.63) is 27.3 Å². The van der Waals surface area contributed by atoms with Gasteiger partial charge in [-0.25, -0.2) is 13.2 Å². The molecule has 0 fully saturated rings. The summed E-state index contributed by atoms with van der Waals surface area (Å²) < 4.78 is 30.8. The van der Waals surface area contributed by atoms with Gasteiger partial charge in [0.1, 0.15) is 0 Å². The smallest absolute Gasteiger partial charge is 0.336 e. The van der Waals surface area contributed by atoms with Crippen molar-refractivity contribution in [3.63, 3.8) is 0 Å². The van der Waals surface area contributed by atoms with Gasteiger partial charge in [0.2, 0.25) is 10.0 Å². The fraction of sp³-hybridized carbons (Fsp3) is 0.364. The third-order valence-corrected chi connectivity index (χ3v) is 5.28. The molecule has 1 N–H and O–H groups in total. The number of aromatic carboxylic acids is 1. The Hall–Kier alpha value is -0.710. The van der Waals surface area contributed by atoms with Gasteiger partial charge in [-0.15, -0.1) is 0 Å². The maximum atomic E-state index is 12.2. The van der Waals surface area contributed by atoms with E-state index in [1.54, 1.807) is 0 Å². The van der Waals surface area contributed by atoms with Gasteiger partial charge in [-0.1, -0.05) is 0 Å². The third kappa shape index (κ3) is 3.88. The molecule has 1 rings (SSSR count). The second-order valence-corrected chi connectivity index (χ2v) is 6.97. The molecule has 106 valence electrons. The van der Waals surface area contributed by atoms with Crippen LogP contribution in [0, 0.1) is 3.57 Å². The molecule has 6 nitrogen and oxygen atoms in total. The average molecular weight is 399 g/mol. The molecule has 0 heterocycles. The fourth-order valence-corrected chi connectivity index (χ4v) is 3.10. The van der Waals surface area contributed by atoms with Crippen LogP contribution in [0.25, 0.3) is 0 Å². The van der Waals surface area contributed by atoms with E-state index < -0.39 is 16.0 Å². The van der Waals surface area contributed by atoms with E-state index in [-0.39, 0.29) is 23.6 Å². The van der Waals surface area contributed by atoms with Crippen molar-refractivity contribution < 1.29 is 23.1 Å². The number of hydrogen-bond acceptors (Lipinski definition) is 4. The second kappa shape index (κ2) is 6.64. The summed E-state index contributed by atoms with van der Waals surface area (Å²) in [5.74, 6) is -1.15. The van der Waals surface area contributed by atoms with E-state index in [2.05, 4.69) is 0 Å². The van der Waals surface area contributed by atoms with Crippen molar-refractivity contribution in [1.82, 2.24) is 4.31 Å². The number of nitrogens with zero attached hydrogens (tertiary/aromatic N) is 1. The zero-order valence-corrected chi connectivity index (χ0v) is 13.4. The quantitative estimate of drug-likeness (QED) is 0.729. The largest absolute Gasteiger partial charge is 0.478 e. The van der Waals surface area contributed by atoms with Crippen LogP contribution in [-0.2, 0) is 14.8 Å². The van der Waals surface area contributed by atoms with Crippen LogP contribution < -0.4 is 0 Å².